The number of anilines is 1. The van der Waals surface area contributed by atoms with E-state index in [1.807, 2.05) is 36.1 Å². The summed E-state index contributed by atoms with van der Waals surface area (Å²) >= 11 is 5.98. The van der Waals surface area contributed by atoms with E-state index in [1.54, 1.807) is 19.0 Å². The minimum absolute atomic E-state index is 0.0191. The van der Waals surface area contributed by atoms with Gasteiger partial charge >= 0.3 is 0 Å². The number of fused-ring (bicyclic) bond motifs is 1. The Labute approximate surface area is 123 Å². The first-order chi connectivity index (χ1) is 9.52. The van der Waals surface area contributed by atoms with Crippen LogP contribution in [0.4, 0.5) is 5.82 Å². The zero-order chi connectivity index (χ0) is 14.7. The van der Waals surface area contributed by atoms with Gasteiger partial charge in [-0.15, -0.1) is 0 Å². The molecule has 2 rings (SSSR count). The first kappa shape index (κ1) is 14.5. The van der Waals surface area contributed by atoms with Crippen LogP contribution in [0.1, 0.15) is 6.92 Å². The summed E-state index contributed by atoms with van der Waals surface area (Å²) in [4.78, 5) is 23.9. The quantitative estimate of drug-likeness (QED) is 0.811. The molecule has 6 heteroatoms. The summed E-state index contributed by atoms with van der Waals surface area (Å²) < 4.78 is 0. The molecule has 1 aromatic heterocycles. The molecule has 106 valence electrons. The van der Waals surface area contributed by atoms with Crippen LogP contribution < -0.4 is 4.90 Å². The molecule has 2 aromatic rings. The maximum atomic E-state index is 11.9. The number of carbonyl (C=O) groups is 1. The van der Waals surface area contributed by atoms with Crippen molar-refractivity contribution in [1.29, 1.82) is 0 Å². The Morgan fingerprint density at radius 1 is 1.25 bits per heavy atom. The number of benzene rings is 1. The number of likely N-dealkylation sites (N-methyl/N-ethyl adjacent to an activating group) is 2. The van der Waals surface area contributed by atoms with Gasteiger partial charge in [0, 0.05) is 26.0 Å². The summed E-state index contributed by atoms with van der Waals surface area (Å²) in [7, 11) is 3.47. The number of rotatable bonds is 4. The highest BCUT2D eigenvalue weighted by atomic mass is 35.5. The van der Waals surface area contributed by atoms with Gasteiger partial charge in [-0.05, 0) is 30.7 Å². The molecule has 0 saturated heterocycles. The summed E-state index contributed by atoms with van der Waals surface area (Å²) in [6, 6.07) is 7.64. The fourth-order valence-electron chi connectivity index (χ4n) is 1.91. The molecule has 0 aliphatic carbocycles. The highest BCUT2D eigenvalue weighted by Crippen LogP contribution is 2.25. The van der Waals surface area contributed by atoms with Crippen LogP contribution in [0.3, 0.4) is 0 Å². The van der Waals surface area contributed by atoms with E-state index in [2.05, 4.69) is 9.97 Å². The molecular formula is C14H17ClN4O. The average molecular weight is 293 g/mol. The van der Waals surface area contributed by atoms with E-state index in [0.29, 0.717) is 12.4 Å². The van der Waals surface area contributed by atoms with Gasteiger partial charge in [0.2, 0.25) is 11.2 Å². The number of nitrogens with zero attached hydrogens (tertiary/aromatic N) is 4. The van der Waals surface area contributed by atoms with Crippen LogP contribution in [-0.2, 0) is 4.79 Å². The molecule has 20 heavy (non-hydrogen) atoms. The summed E-state index contributed by atoms with van der Waals surface area (Å²) in [5.41, 5.74) is 0.776. The number of aromatic nitrogens is 2. The number of amides is 1. The van der Waals surface area contributed by atoms with Gasteiger partial charge in [-0.25, -0.2) is 4.98 Å². The van der Waals surface area contributed by atoms with Crippen molar-refractivity contribution in [2.45, 2.75) is 6.92 Å². The van der Waals surface area contributed by atoms with E-state index in [9.17, 15) is 4.79 Å². The molecule has 0 aliphatic rings. The van der Waals surface area contributed by atoms with Gasteiger partial charge in [0.15, 0.2) is 0 Å². The number of hydrogen-bond acceptors (Lipinski definition) is 4. The van der Waals surface area contributed by atoms with Crippen LogP contribution in [0.15, 0.2) is 24.3 Å². The second kappa shape index (κ2) is 6.05. The second-order valence-corrected chi connectivity index (χ2v) is 4.97. The maximum Gasteiger partial charge on any atom is 0.241 e. The van der Waals surface area contributed by atoms with Crippen LogP contribution in [0.5, 0.6) is 0 Å². The lowest BCUT2D eigenvalue weighted by molar-refractivity contribution is -0.127. The molecule has 0 unspecified atom stereocenters. The average Bonchev–Trinajstić information content (AvgIpc) is 2.43. The topological polar surface area (TPSA) is 49.3 Å². The first-order valence-corrected chi connectivity index (χ1v) is 6.78. The number of carbonyl (C=O) groups excluding carboxylic acids is 1. The predicted octanol–water partition coefficient (Wildman–Crippen LogP) is 2.20. The Morgan fingerprint density at radius 2 is 1.95 bits per heavy atom. The number of para-hydroxylation sites is 1. The van der Waals surface area contributed by atoms with Gasteiger partial charge in [0.1, 0.15) is 5.82 Å². The zero-order valence-electron chi connectivity index (χ0n) is 11.8. The first-order valence-electron chi connectivity index (χ1n) is 6.40. The monoisotopic (exact) mass is 292 g/mol. The van der Waals surface area contributed by atoms with Crippen molar-refractivity contribution >= 4 is 34.2 Å². The SMILES string of the molecule is CCN(CC(=O)N(C)C)c1nc(Cl)nc2ccccc12. The zero-order valence-corrected chi connectivity index (χ0v) is 12.6. The van der Waals surface area contributed by atoms with Crippen molar-refractivity contribution in [3.63, 3.8) is 0 Å². The molecule has 5 nitrogen and oxygen atoms in total. The second-order valence-electron chi connectivity index (χ2n) is 4.64. The van der Waals surface area contributed by atoms with E-state index >= 15 is 0 Å². The van der Waals surface area contributed by atoms with Gasteiger partial charge in [-0.3, -0.25) is 4.79 Å². The minimum Gasteiger partial charge on any atom is -0.347 e. The smallest absolute Gasteiger partial charge is 0.241 e. The van der Waals surface area contributed by atoms with Crippen molar-refractivity contribution in [2.75, 3.05) is 32.1 Å². The van der Waals surface area contributed by atoms with Crippen LogP contribution >= 0.6 is 11.6 Å². The standard InChI is InChI=1S/C14H17ClN4O/c1-4-19(9-12(20)18(2)3)13-10-7-5-6-8-11(10)16-14(15)17-13/h5-8H,4,9H2,1-3H3. The summed E-state index contributed by atoms with van der Waals surface area (Å²) in [5, 5.41) is 1.08. The third-order valence-corrected chi connectivity index (χ3v) is 3.23. The molecule has 0 fully saturated rings. The van der Waals surface area contributed by atoms with Gasteiger partial charge in [0.05, 0.1) is 12.1 Å². The van der Waals surface area contributed by atoms with Crippen molar-refractivity contribution in [3.05, 3.63) is 29.5 Å². The number of hydrogen-bond donors (Lipinski definition) is 0. The minimum atomic E-state index is 0.0191. The molecule has 0 radical (unpaired) electrons. The molecule has 1 heterocycles. The van der Waals surface area contributed by atoms with E-state index in [1.165, 1.54) is 0 Å². The van der Waals surface area contributed by atoms with Crippen molar-refractivity contribution in [1.82, 2.24) is 14.9 Å². The van der Waals surface area contributed by atoms with E-state index in [4.69, 9.17) is 11.6 Å². The van der Waals surface area contributed by atoms with E-state index in [0.717, 1.165) is 10.9 Å². The van der Waals surface area contributed by atoms with Crippen LogP contribution in [0, 0.1) is 0 Å². The molecule has 0 atom stereocenters. The van der Waals surface area contributed by atoms with Gasteiger partial charge in [0.25, 0.3) is 0 Å². The highest BCUT2D eigenvalue weighted by Gasteiger charge is 2.16. The van der Waals surface area contributed by atoms with E-state index < -0.39 is 0 Å². The van der Waals surface area contributed by atoms with Crippen LogP contribution in [-0.4, -0.2) is 48.0 Å². The van der Waals surface area contributed by atoms with E-state index in [-0.39, 0.29) is 17.7 Å². The molecule has 0 bridgehead atoms. The summed E-state index contributed by atoms with van der Waals surface area (Å²) in [6.45, 7) is 2.91. The summed E-state index contributed by atoms with van der Waals surface area (Å²) in [6.07, 6.45) is 0. The fraction of sp³-hybridized carbons (Fsp3) is 0.357. The van der Waals surface area contributed by atoms with Crippen molar-refractivity contribution in [2.24, 2.45) is 0 Å². The third-order valence-electron chi connectivity index (χ3n) is 3.06. The van der Waals surface area contributed by atoms with Gasteiger partial charge < -0.3 is 9.80 Å². The molecular weight excluding hydrogens is 276 g/mol. The Balaban J connectivity index is 2.46. The molecule has 1 aromatic carbocycles. The molecule has 0 N–H and O–H groups in total. The van der Waals surface area contributed by atoms with Crippen molar-refractivity contribution in [3.8, 4) is 0 Å². The largest absolute Gasteiger partial charge is 0.347 e. The normalized spacial score (nSPS) is 10.6. The lowest BCUT2D eigenvalue weighted by Gasteiger charge is -2.24. The van der Waals surface area contributed by atoms with Crippen LogP contribution in [0.25, 0.3) is 10.9 Å². The number of halogens is 1. The summed E-state index contributed by atoms with van der Waals surface area (Å²) in [5.74, 6) is 0.712. The molecule has 1 amide bonds. The Kier molecular flexibility index (Phi) is 4.39. The fourth-order valence-corrected chi connectivity index (χ4v) is 2.09. The Bertz CT molecular complexity index is 630. The molecule has 0 saturated carbocycles. The third kappa shape index (κ3) is 2.99. The lowest BCUT2D eigenvalue weighted by Crippen LogP contribution is -2.37. The lowest BCUT2D eigenvalue weighted by atomic mass is 10.2. The van der Waals surface area contributed by atoms with Crippen molar-refractivity contribution < 1.29 is 4.79 Å². The molecule has 0 spiro atoms. The maximum absolute atomic E-state index is 11.9. The highest BCUT2D eigenvalue weighted by molar-refractivity contribution is 6.28. The Hall–Kier alpha value is -1.88. The predicted molar refractivity (Wildman–Crippen MR) is 81.1 cm³/mol. The van der Waals surface area contributed by atoms with Crippen LogP contribution in [0.2, 0.25) is 5.28 Å². The van der Waals surface area contributed by atoms with Gasteiger partial charge in [-0.2, -0.15) is 4.98 Å². The Morgan fingerprint density at radius 3 is 2.60 bits per heavy atom. The van der Waals surface area contributed by atoms with Gasteiger partial charge in [-0.1, -0.05) is 12.1 Å². The molecule has 0 aliphatic heterocycles.